The van der Waals surface area contributed by atoms with E-state index in [0.29, 0.717) is 22.6 Å². The number of hydrogen-bond acceptors (Lipinski definition) is 7. The topological polar surface area (TPSA) is 140 Å². The number of nitrogens with one attached hydrogen (secondary N) is 3. The lowest BCUT2D eigenvalue weighted by molar-refractivity contribution is -0.147. The number of methoxy groups -OCH3 is 1. The summed E-state index contributed by atoms with van der Waals surface area (Å²) in [4.78, 5) is 58.1. The highest BCUT2D eigenvalue weighted by molar-refractivity contribution is 5.94. The van der Waals surface area contributed by atoms with Crippen molar-refractivity contribution in [1.82, 2.24) is 0 Å². The van der Waals surface area contributed by atoms with Gasteiger partial charge in [0.1, 0.15) is 0 Å². The highest BCUT2D eigenvalue weighted by Gasteiger charge is 2.11. The van der Waals surface area contributed by atoms with Crippen LogP contribution in [0.5, 0.6) is 0 Å². The van der Waals surface area contributed by atoms with Crippen molar-refractivity contribution in [3.8, 4) is 0 Å². The fraction of sp³-hybridized carbons (Fsp3) is 0.261. The predicted molar refractivity (Wildman–Crippen MR) is 121 cm³/mol. The number of amides is 3. The van der Waals surface area contributed by atoms with E-state index in [1.54, 1.807) is 36.4 Å². The van der Waals surface area contributed by atoms with Crippen molar-refractivity contribution in [3.63, 3.8) is 0 Å². The molecular formula is C23H25N3O7. The molecule has 0 aliphatic heterocycles. The molecule has 0 aliphatic carbocycles. The van der Waals surface area contributed by atoms with Crippen molar-refractivity contribution in [1.29, 1.82) is 0 Å². The van der Waals surface area contributed by atoms with Crippen molar-refractivity contribution in [2.24, 2.45) is 0 Å². The largest absolute Gasteiger partial charge is 0.465 e. The molecule has 0 saturated carbocycles. The van der Waals surface area contributed by atoms with Crippen molar-refractivity contribution in [2.75, 3.05) is 29.7 Å². The first-order valence-corrected chi connectivity index (χ1v) is 10.1. The number of ether oxygens (including phenoxy) is 2. The van der Waals surface area contributed by atoms with E-state index in [0.717, 1.165) is 0 Å². The molecule has 2 rings (SSSR count). The zero-order valence-corrected chi connectivity index (χ0v) is 18.3. The standard InChI is InChI=1S/C23H25N3O7/c1-15(27)24-17-10-12-19(13-11-17)26-21(29)14-33-22(30)5-3-4-20(28)25-18-8-6-16(7-9-18)23(31)32-2/h6-13H,3-5,14H2,1-2H3,(H,24,27)(H,25,28)(H,26,29). The summed E-state index contributed by atoms with van der Waals surface area (Å²) in [5.41, 5.74) is 1.96. The first-order valence-electron chi connectivity index (χ1n) is 10.1. The maximum atomic E-state index is 12.0. The average Bonchev–Trinajstić information content (AvgIpc) is 2.78. The third kappa shape index (κ3) is 9.21. The molecule has 0 saturated heterocycles. The highest BCUT2D eigenvalue weighted by atomic mass is 16.5. The van der Waals surface area contributed by atoms with E-state index < -0.39 is 24.5 Å². The van der Waals surface area contributed by atoms with Crippen LogP contribution in [0.25, 0.3) is 0 Å². The lowest BCUT2D eigenvalue weighted by Crippen LogP contribution is -2.21. The van der Waals surface area contributed by atoms with E-state index in [1.807, 2.05) is 0 Å². The summed E-state index contributed by atoms with van der Waals surface area (Å²) in [5, 5.41) is 7.84. The minimum atomic E-state index is -0.596. The molecule has 0 aromatic heterocycles. The molecule has 10 nitrogen and oxygen atoms in total. The number of hydrogen-bond donors (Lipinski definition) is 3. The van der Waals surface area contributed by atoms with Crippen LogP contribution in [0.15, 0.2) is 48.5 Å². The Bertz CT molecular complexity index is 1000. The molecule has 0 unspecified atom stereocenters. The van der Waals surface area contributed by atoms with Gasteiger partial charge in [-0.05, 0) is 55.0 Å². The molecule has 0 spiro atoms. The second kappa shape index (κ2) is 12.6. The van der Waals surface area contributed by atoms with Gasteiger partial charge in [-0.25, -0.2) is 4.79 Å². The molecule has 0 atom stereocenters. The fourth-order valence-corrected chi connectivity index (χ4v) is 2.68. The van der Waals surface area contributed by atoms with Crippen LogP contribution in [0.2, 0.25) is 0 Å². The van der Waals surface area contributed by atoms with Crippen LogP contribution in [-0.2, 0) is 28.7 Å². The predicted octanol–water partition coefficient (Wildman–Crippen LogP) is 2.72. The second-order valence-electron chi connectivity index (χ2n) is 6.94. The molecule has 10 heteroatoms. The van der Waals surface area contributed by atoms with E-state index in [2.05, 4.69) is 20.7 Å². The Morgan fingerprint density at radius 2 is 1.24 bits per heavy atom. The van der Waals surface area contributed by atoms with Gasteiger partial charge in [0.2, 0.25) is 11.8 Å². The zero-order valence-electron chi connectivity index (χ0n) is 18.3. The molecule has 0 aliphatic rings. The van der Waals surface area contributed by atoms with Gasteiger partial charge in [0.15, 0.2) is 6.61 Å². The summed E-state index contributed by atoms with van der Waals surface area (Å²) in [6, 6.07) is 12.7. The molecule has 174 valence electrons. The molecule has 0 fully saturated rings. The summed E-state index contributed by atoms with van der Waals surface area (Å²) >= 11 is 0. The van der Waals surface area contributed by atoms with E-state index >= 15 is 0 Å². The third-order valence-corrected chi connectivity index (χ3v) is 4.23. The summed E-state index contributed by atoms with van der Waals surface area (Å²) < 4.78 is 9.52. The molecule has 2 aromatic carbocycles. The van der Waals surface area contributed by atoms with Crippen molar-refractivity contribution >= 4 is 46.7 Å². The average molecular weight is 455 g/mol. The Morgan fingerprint density at radius 3 is 1.79 bits per heavy atom. The number of carbonyl (C=O) groups excluding carboxylic acids is 5. The van der Waals surface area contributed by atoms with Crippen LogP contribution in [0.3, 0.4) is 0 Å². The smallest absolute Gasteiger partial charge is 0.337 e. The molecule has 0 heterocycles. The van der Waals surface area contributed by atoms with Gasteiger partial charge in [0.05, 0.1) is 12.7 Å². The van der Waals surface area contributed by atoms with Gasteiger partial charge < -0.3 is 25.4 Å². The Hall–Kier alpha value is -4.21. The number of esters is 2. The monoisotopic (exact) mass is 455 g/mol. The number of carbonyl (C=O) groups is 5. The quantitative estimate of drug-likeness (QED) is 0.468. The van der Waals surface area contributed by atoms with Crippen LogP contribution < -0.4 is 16.0 Å². The van der Waals surface area contributed by atoms with E-state index in [-0.39, 0.29) is 31.1 Å². The van der Waals surface area contributed by atoms with E-state index in [1.165, 1.54) is 26.2 Å². The number of anilines is 3. The van der Waals surface area contributed by atoms with Crippen LogP contribution in [0.4, 0.5) is 17.1 Å². The normalized spacial score (nSPS) is 10.0. The minimum Gasteiger partial charge on any atom is -0.465 e. The maximum absolute atomic E-state index is 12.0. The van der Waals surface area contributed by atoms with E-state index in [4.69, 9.17) is 4.74 Å². The Balaban J connectivity index is 1.64. The Kier molecular flexibility index (Phi) is 9.56. The maximum Gasteiger partial charge on any atom is 0.337 e. The van der Waals surface area contributed by atoms with Crippen LogP contribution in [-0.4, -0.2) is 43.4 Å². The Morgan fingerprint density at radius 1 is 0.727 bits per heavy atom. The van der Waals surface area contributed by atoms with Crippen molar-refractivity contribution in [3.05, 3.63) is 54.1 Å². The van der Waals surface area contributed by atoms with Gasteiger partial charge in [-0.1, -0.05) is 0 Å². The van der Waals surface area contributed by atoms with Crippen molar-refractivity contribution < 1.29 is 33.4 Å². The lowest BCUT2D eigenvalue weighted by atomic mass is 10.2. The summed E-state index contributed by atoms with van der Waals surface area (Å²) in [6.45, 7) is 0.938. The van der Waals surface area contributed by atoms with Gasteiger partial charge in [-0.15, -0.1) is 0 Å². The van der Waals surface area contributed by atoms with Gasteiger partial charge in [-0.2, -0.15) is 0 Å². The van der Waals surface area contributed by atoms with Crippen LogP contribution in [0.1, 0.15) is 36.5 Å². The molecule has 0 radical (unpaired) electrons. The zero-order chi connectivity index (χ0) is 24.2. The lowest BCUT2D eigenvalue weighted by Gasteiger charge is -2.08. The third-order valence-electron chi connectivity index (χ3n) is 4.23. The fourth-order valence-electron chi connectivity index (χ4n) is 2.68. The molecule has 3 N–H and O–H groups in total. The molecular weight excluding hydrogens is 430 g/mol. The summed E-state index contributed by atoms with van der Waals surface area (Å²) in [5.74, 6) is -2.08. The summed E-state index contributed by atoms with van der Waals surface area (Å²) in [6.07, 6.45) is 0.311. The first-order chi connectivity index (χ1) is 15.8. The highest BCUT2D eigenvalue weighted by Crippen LogP contribution is 2.14. The van der Waals surface area contributed by atoms with E-state index in [9.17, 15) is 24.0 Å². The van der Waals surface area contributed by atoms with Gasteiger partial charge in [0.25, 0.3) is 5.91 Å². The molecule has 2 aromatic rings. The Labute approximate surface area is 190 Å². The van der Waals surface area contributed by atoms with Gasteiger partial charge >= 0.3 is 11.9 Å². The summed E-state index contributed by atoms with van der Waals surface area (Å²) in [7, 11) is 1.28. The van der Waals surface area contributed by atoms with Crippen LogP contribution in [0, 0.1) is 0 Å². The van der Waals surface area contributed by atoms with Crippen molar-refractivity contribution in [2.45, 2.75) is 26.2 Å². The molecule has 3 amide bonds. The molecule has 33 heavy (non-hydrogen) atoms. The van der Waals surface area contributed by atoms with Crippen LogP contribution >= 0.6 is 0 Å². The SMILES string of the molecule is COC(=O)c1ccc(NC(=O)CCCC(=O)OCC(=O)Nc2ccc(NC(C)=O)cc2)cc1. The number of benzene rings is 2. The minimum absolute atomic E-state index is 0.0204. The van der Waals surface area contributed by atoms with Gasteiger partial charge in [0, 0.05) is 36.8 Å². The van der Waals surface area contributed by atoms with Gasteiger partial charge in [-0.3, -0.25) is 19.2 Å². The number of rotatable bonds is 10. The second-order valence-corrected chi connectivity index (χ2v) is 6.94. The molecule has 0 bridgehead atoms. The first kappa shape index (κ1) is 25.1.